The highest BCUT2D eigenvalue weighted by Crippen LogP contribution is 1.70. The van der Waals surface area contributed by atoms with Gasteiger partial charge in [0.05, 0.1) is 6.67 Å². The number of hydrogen-bond acceptors (Lipinski definition) is 2. The van der Waals surface area contributed by atoms with E-state index in [-0.39, 0.29) is 5.96 Å². The van der Waals surface area contributed by atoms with E-state index in [2.05, 4.69) is 10.6 Å². The second-order valence-electron chi connectivity index (χ2n) is 2.13. The molecule has 0 unspecified atom stereocenters. The SMILES string of the molecule is CC(C)NCNC(=N)N. The Bertz CT molecular complexity index is 89.0. The highest BCUT2D eigenvalue weighted by molar-refractivity contribution is 5.74. The third kappa shape index (κ3) is 7.23. The average molecular weight is 130 g/mol. The second-order valence-corrected chi connectivity index (χ2v) is 2.13. The first-order chi connectivity index (χ1) is 4.13. The molecule has 0 rings (SSSR count). The van der Waals surface area contributed by atoms with E-state index in [9.17, 15) is 0 Å². The Kier molecular flexibility index (Phi) is 3.79. The number of guanidine groups is 1. The molecule has 0 amide bonds. The molecule has 0 spiro atoms. The van der Waals surface area contributed by atoms with Gasteiger partial charge in [0.15, 0.2) is 5.96 Å². The Labute approximate surface area is 55.3 Å². The summed E-state index contributed by atoms with van der Waals surface area (Å²) in [6.45, 7) is 4.62. The summed E-state index contributed by atoms with van der Waals surface area (Å²) < 4.78 is 0. The van der Waals surface area contributed by atoms with Crippen LogP contribution in [-0.2, 0) is 0 Å². The molecule has 4 nitrogen and oxygen atoms in total. The Morgan fingerprint density at radius 2 is 2.22 bits per heavy atom. The van der Waals surface area contributed by atoms with Crippen LogP contribution in [0.25, 0.3) is 0 Å². The van der Waals surface area contributed by atoms with Gasteiger partial charge in [0.1, 0.15) is 0 Å². The van der Waals surface area contributed by atoms with Crippen LogP contribution < -0.4 is 16.4 Å². The van der Waals surface area contributed by atoms with E-state index in [1.807, 2.05) is 13.8 Å². The van der Waals surface area contributed by atoms with E-state index in [0.717, 1.165) is 0 Å². The third-order valence-corrected chi connectivity index (χ3v) is 0.789. The van der Waals surface area contributed by atoms with Crippen molar-refractivity contribution in [3.05, 3.63) is 0 Å². The molecule has 0 aromatic rings. The predicted octanol–water partition coefficient (Wildman–Crippen LogP) is -0.575. The van der Waals surface area contributed by atoms with Crippen molar-refractivity contribution in [2.24, 2.45) is 5.73 Å². The third-order valence-electron chi connectivity index (χ3n) is 0.789. The molecule has 0 saturated carbocycles. The lowest BCUT2D eigenvalue weighted by atomic mass is 10.4. The summed E-state index contributed by atoms with van der Waals surface area (Å²) >= 11 is 0. The largest absolute Gasteiger partial charge is 0.370 e. The maximum absolute atomic E-state index is 6.77. The summed E-state index contributed by atoms with van der Waals surface area (Å²) in [5.41, 5.74) is 5.01. The minimum atomic E-state index is 0.00292. The van der Waals surface area contributed by atoms with Gasteiger partial charge in [0.25, 0.3) is 0 Å². The molecule has 0 aliphatic rings. The van der Waals surface area contributed by atoms with Crippen molar-refractivity contribution in [2.45, 2.75) is 19.9 Å². The smallest absolute Gasteiger partial charge is 0.186 e. The van der Waals surface area contributed by atoms with Crippen molar-refractivity contribution >= 4 is 5.96 Å². The summed E-state index contributed by atoms with van der Waals surface area (Å²) in [5.74, 6) is 0.00292. The van der Waals surface area contributed by atoms with Gasteiger partial charge in [0.2, 0.25) is 0 Å². The molecule has 0 heterocycles. The van der Waals surface area contributed by atoms with Crippen molar-refractivity contribution in [3.8, 4) is 0 Å². The van der Waals surface area contributed by atoms with E-state index < -0.39 is 0 Å². The molecule has 0 bridgehead atoms. The summed E-state index contributed by atoms with van der Waals surface area (Å²) in [4.78, 5) is 0. The van der Waals surface area contributed by atoms with Gasteiger partial charge < -0.3 is 11.1 Å². The fourth-order valence-electron chi connectivity index (χ4n) is 0.350. The van der Waals surface area contributed by atoms with E-state index >= 15 is 0 Å². The van der Waals surface area contributed by atoms with Crippen molar-refractivity contribution in [1.29, 1.82) is 5.41 Å². The molecular weight excluding hydrogens is 116 g/mol. The summed E-state index contributed by atoms with van der Waals surface area (Å²) in [6, 6.07) is 0.428. The predicted molar refractivity (Wildman–Crippen MR) is 38.2 cm³/mol. The summed E-state index contributed by atoms with van der Waals surface area (Å²) in [7, 11) is 0. The van der Waals surface area contributed by atoms with E-state index in [1.165, 1.54) is 0 Å². The molecule has 0 atom stereocenters. The molecule has 0 aliphatic heterocycles. The molecule has 9 heavy (non-hydrogen) atoms. The fourth-order valence-corrected chi connectivity index (χ4v) is 0.350. The van der Waals surface area contributed by atoms with E-state index in [1.54, 1.807) is 0 Å². The van der Waals surface area contributed by atoms with Gasteiger partial charge in [-0.3, -0.25) is 10.7 Å². The Hall–Kier alpha value is -0.770. The van der Waals surface area contributed by atoms with E-state index in [4.69, 9.17) is 11.1 Å². The number of nitrogens with two attached hydrogens (primary N) is 1. The maximum atomic E-state index is 6.77. The van der Waals surface area contributed by atoms with Crippen LogP contribution in [0.1, 0.15) is 13.8 Å². The van der Waals surface area contributed by atoms with Gasteiger partial charge in [-0.1, -0.05) is 0 Å². The topological polar surface area (TPSA) is 73.9 Å². The minimum absolute atomic E-state index is 0.00292. The van der Waals surface area contributed by atoms with Crippen LogP contribution in [0.5, 0.6) is 0 Å². The Morgan fingerprint density at radius 1 is 1.67 bits per heavy atom. The lowest BCUT2D eigenvalue weighted by Crippen LogP contribution is -2.40. The van der Waals surface area contributed by atoms with E-state index in [0.29, 0.717) is 12.7 Å². The minimum Gasteiger partial charge on any atom is -0.370 e. The van der Waals surface area contributed by atoms with Crippen molar-refractivity contribution in [1.82, 2.24) is 10.6 Å². The zero-order valence-electron chi connectivity index (χ0n) is 5.86. The quantitative estimate of drug-likeness (QED) is 0.235. The molecule has 0 aromatic carbocycles. The van der Waals surface area contributed by atoms with Crippen LogP contribution >= 0.6 is 0 Å². The van der Waals surface area contributed by atoms with Gasteiger partial charge in [-0.05, 0) is 13.8 Å². The Morgan fingerprint density at radius 3 is 2.56 bits per heavy atom. The van der Waals surface area contributed by atoms with Crippen molar-refractivity contribution in [2.75, 3.05) is 6.67 Å². The first kappa shape index (κ1) is 8.23. The first-order valence-corrected chi connectivity index (χ1v) is 2.94. The monoisotopic (exact) mass is 130 g/mol. The van der Waals surface area contributed by atoms with Gasteiger partial charge in [-0.2, -0.15) is 0 Å². The highest BCUT2D eigenvalue weighted by atomic mass is 15.1. The molecule has 0 radical (unpaired) electrons. The lowest BCUT2D eigenvalue weighted by Gasteiger charge is -2.07. The van der Waals surface area contributed by atoms with Crippen LogP contribution in [0.2, 0.25) is 0 Å². The van der Waals surface area contributed by atoms with Gasteiger partial charge >= 0.3 is 0 Å². The van der Waals surface area contributed by atoms with Crippen molar-refractivity contribution in [3.63, 3.8) is 0 Å². The molecule has 0 fully saturated rings. The maximum Gasteiger partial charge on any atom is 0.186 e. The lowest BCUT2D eigenvalue weighted by molar-refractivity contribution is 0.575. The molecule has 54 valence electrons. The molecule has 5 N–H and O–H groups in total. The summed E-state index contributed by atoms with van der Waals surface area (Å²) in [5, 5.41) is 12.4. The van der Waals surface area contributed by atoms with Gasteiger partial charge in [0, 0.05) is 6.04 Å². The van der Waals surface area contributed by atoms with Crippen LogP contribution in [-0.4, -0.2) is 18.7 Å². The zero-order valence-corrected chi connectivity index (χ0v) is 5.86. The fraction of sp³-hybridized carbons (Fsp3) is 0.800. The van der Waals surface area contributed by atoms with Gasteiger partial charge in [-0.15, -0.1) is 0 Å². The van der Waals surface area contributed by atoms with Crippen LogP contribution in [0.15, 0.2) is 0 Å². The molecule has 0 aliphatic carbocycles. The first-order valence-electron chi connectivity index (χ1n) is 2.94. The number of hydrogen-bond donors (Lipinski definition) is 4. The normalized spacial score (nSPS) is 9.67. The Balaban J connectivity index is 3.01. The van der Waals surface area contributed by atoms with Crippen LogP contribution in [0.4, 0.5) is 0 Å². The van der Waals surface area contributed by atoms with Crippen molar-refractivity contribution < 1.29 is 0 Å². The van der Waals surface area contributed by atoms with Gasteiger partial charge in [-0.25, -0.2) is 0 Å². The summed E-state index contributed by atoms with van der Waals surface area (Å²) in [6.07, 6.45) is 0. The van der Waals surface area contributed by atoms with Crippen LogP contribution in [0, 0.1) is 5.41 Å². The second kappa shape index (κ2) is 4.14. The molecule has 0 saturated heterocycles. The number of rotatable bonds is 3. The highest BCUT2D eigenvalue weighted by Gasteiger charge is 1.89. The zero-order chi connectivity index (χ0) is 7.28. The molecule has 4 heteroatoms. The molecule has 0 aromatic heterocycles. The number of nitrogens with one attached hydrogen (secondary N) is 3. The standard InChI is InChI=1S/C5H14N4/c1-4(2)8-3-9-5(6)7/h4,8H,3H2,1-2H3,(H4,6,7,9). The molecular formula is C5H14N4. The van der Waals surface area contributed by atoms with Crippen LogP contribution in [0.3, 0.4) is 0 Å². The average Bonchev–Trinajstić information content (AvgIpc) is 1.63.